The van der Waals surface area contributed by atoms with Gasteiger partial charge >= 0.3 is 0 Å². The Morgan fingerprint density at radius 1 is 0.476 bits per heavy atom. The maximum Gasteiger partial charge on any atom is 0.0123 e. The van der Waals surface area contributed by atoms with Gasteiger partial charge in [0, 0.05) is 12.1 Å². The Hall–Kier alpha value is -0.0400. The molecule has 2 saturated carbocycles. The third-order valence-corrected chi connectivity index (χ3v) is 6.94. The molecule has 1 nitrogen and oxygen atoms in total. The van der Waals surface area contributed by atoms with Gasteiger partial charge in [0.15, 0.2) is 0 Å². The van der Waals surface area contributed by atoms with Crippen molar-refractivity contribution < 1.29 is 0 Å². The molecule has 122 valence electrons. The first-order valence-electron chi connectivity index (χ1n) is 10.1. The molecule has 0 spiro atoms. The van der Waals surface area contributed by atoms with Gasteiger partial charge in [0.2, 0.25) is 0 Å². The van der Waals surface area contributed by atoms with Crippen molar-refractivity contribution in [2.45, 2.75) is 108 Å². The quantitative estimate of drug-likeness (QED) is 0.547. The predicted octanol–water partition coefficient (Wildman–Crippen LogP) is 5.78. The van der Waals surface area contributed by atoms with E-state index in [1.54, 1.807) is 0 Å². The highest BCUT2D eigenvalue weighted by Crippen LogP contribution is 2.40. The van der Waals surface area contributed by atoms with Crippen molar-refractivity contribution in [3.63, 3.8) is 0 Å². The van der Waals surface area contributed by atoms with Crippen LogP contribution in [0.25, 0.3) is 0 Å². The van der Waals surface area contributed by atoms with Crippen LogP contribution in [0.1, 0.15) is 96.3 Å². The van der Waals surface area contributed by atoms with Crippen LogP contribution in [-0.4, -0.2) is 24.0 Å². The lowest BCUT2D eigenvalue weighted by Gasteiger charge is -2.40. The Kier molecular flexibility index (Phi) is 6.03. The Labute approximate surface area is 132 Å². The molecule has 0 aromatic rings. The number of nitrogens with zero attached hydrogens (tertiary/aromatic N) is 1. The van der Waals surface area contributed by atoms with E-state index in [0.717, 1.165) is 23.9 Å². The summed E-state index contributed by atoms with van der Waals surface area (Å²) in [6.07, 6.45) is 22.6. The highest BCUT2D eigenvalue weighted by atomic mass is 15.2. The van der Waals surface area contributed by atoms with Gasteiger partial charge in [-0.2, -0.15) is 0 Å². The second-order valence-electron chi connectivity index (χ2n) is 8.23. The van der Waals surface area contributed by atoms with Gasteiger partial charge in [-0.05, 0) is 57.4 Å². The van der Waals surface area contributed by atoms with Gasteiger partial charge in [-0.25, -0.2) is 0 Å². The van der Waals surface area contributed by atoms with Crippen LogP contribution in [-0.2, 0) is 0 Å². The third-order valence-electron chi connectivity index (χ3n) is 6.94. The van der Waals surface area contributed by atoms with Gasteiger partial charge in [0.05, 0.1) is 0 Å². The van der Waals surface area contributed by atoms with Crippen LogP contribution >= 0.6 is 0 Å². The van der Waals surface area contributed by atoms with Gasteiger partial charge in [-0.3, -0.25) is 4.90 Å². The normalized spacial score (nSPS) is 40.4. The summed E-state index contributed by atoms with van der Waals surface area (Å²) in [6.45, 7) is 0. The zero-order valence-electron chi connectivity index (χ0n) is 14.4. The first-order valence-corrected chi connectivity index (χ1v) is 10.1. The topological polar surface area (TPSA) is 3.24 Å². The second kappa shape index (κ2) is 7.99. The summed E-state index contributed by atoms with van der Waals surface area (Å²) in [5, 5.41) is 0. The molecule has 0 amide bonds. The maximum absolute atomic E-state index is 2.90. The number of hydrogen-bond acceptors (Lipinski definition) is 1. The average Bonchev–Trinajstić information content (AvgIpc) is 2.54. The number of likely N-dealkylation sites (tertiary alicyclic amines) is 1. The van der Waals surface area contributed by atoms with Gasteiger partial charge in [-0.15, -0.1) is 0 Å². The van der Waals surface area contributed by atoms with Crippen LogP contribution < -0.4 is 0 Å². The van der Waals surface area contributed by atoms with Crippen LogP contribution in [0.2, 0.25) is 0 Å². The molecule has 2 aliphatic carbocycles. The summed E-state index contributed by atoms with van der Waals surface area (Å²) < 4.78 is 0. The molecule has 3 rings (SSSR count). The van der Waals surface area contributed by atoms with Gasteiger partial charge < -0.3 is 0 Å². The molecule has 4 unspecified atom stereocenters. The zero-order valence-corrected chi connectivity index (χ0v) is 14.4. The summed E-state index contributed by atoms with van der Waals surface area (Å²) in [5.74, 6) is 2.03. The first kappa shape index (κ1) is 15.8. The molecule has 0 bridgehead atoms. The molecule has 3 fully saturated rings. The summed E-state index contributed by atoms with van der Waals surface area (Å²) >= 11 is 0. The lowest BCUT2D eigenvalue weighted by Crippen LogP contribution is -2.45. The minimum absolute atomic E-state index is 0.914. The molecule has 4 atom stereocenters. The number of fused-ring (bicyclic) bond motifs is 2. The van der Waals surface area contributed by atoms with Crippen LogP contribution in [0, 0.1) is 11.8 Å². The van der Waals surface area contributed by atoms with E-state index in [0.29, 0.717) is 0 Å². The Morgan fingerprint density at radius 3 is 1.33 bits per heavy atom. The van der Waals surface area contributed by atoms with Crippen molar-refractivity contribution in [3.8, 4) is 0 Å². The standard InChI is InChI=1S/C20H37N/c1-21-19-13-9-4-2-3-7-11-17(19)15-16-18-12-8-5-6-10-14-20(18)21/h17-20H,2-16H2,1H3. The van der Waals surface area contributed by atoms with Crippen LogP contribution in [0.5, 0.6) is 0 Å². The fraction of sp³-hybridized carbons (Fsp3) is 1.00. The smallest absolute Gasteiger partial charge is 0.0123 e. The largest absolute Gasteiger partial charge is 0.300 e. The fourth-order valence-electron chi connectivity index (χ4n) is 5.68. The maximum atomic E-state index is 2.90. The lowest BCUT2D eigenvalue weighted by molar-refractivity contribution is 0.0881. The van der Waals surface area contributed by atoms with Crippen molar-refractivity contribution >= 4 is 0 Å². The van der Waals surface area contributed by atoms with Gasteiger partial charge in [0.25, 0.3) is 0 Å². The van der Waals surface area contributed by atoms with Crippen LogP contribution in [0.3, 0.4) is 0 Å². The van der Waals surface area contributed by atoms with E-state index in [2.05, 4.69) is 11.9 Å². The summed E-state index contributed by atoms with van der Waals surface area (Å²) in [6, 6.07) is 1.83. The van der Waals surface area contributed by atoms with Crippen molar-refractivity contribution in [1.29, 1.82) is 0 Å². The van der Waals surface area contributed by atoms with Gasteiger partial charge in [-0.1, -0.05) is 57.8 Å². The molecule has 3 aliphatic rings. The zero-order chi connectivity index (χ0) is 14.5. The Balaban J connectivity index is 1.74. The van der Waals surface area contributed by atoms with Crippen molar-refractivity contribution in [1.82, 2.24) is 4.90 Å². The van der Waals surface area contributed by atoms with Crippen molar-refractivity contribution in [2.75, 3.05) is 7.05 Å². The van der Waals surface area contributed by atoms with Crippen molar-refractivity contribution in [2.24, 2.45) is 11.8 Å². The molecule has 21 heavy (non-hydrogen) atoms. The van der Waals surface area contributed by atoms with E-state index in [-0.39, 0.29) is 0 Å². The van der Waals surface area contributed by atoms with Gasteiger partial charge in [0.1, 0.15) is 0 Å². The van der Waals surface area contributed by atoms with E-state index in [9.17, 15) is 0 Å². The number of hydrogen-bond donors (Lipinski definition) is 0. The molecule has 1 heteroatoms. The first-order chi connectivity index (χ1) is 10.4. The predicted molar refractivity (Wildman–Crippen MR) is 91.6 cm³/mol. The molecular weight excluding hydrogens is 254 g/mol. The molecule has 0 aromatic heterocycles. The number of rotatable bonds is 0. The summed E-state index contributed by atoms with van der Waals surface area (Å²) in [5.41, 5.74) is 0. The van der Waals surface area contributed by atoms with E-state index < -0.39 is 0 Å². The van der Waals surface area contributed by atoms with E-state index in [1.165, 1.54) is 96.3 Å². The minimum atomic E-state index is 0.914. The lowest BCUT2D eigenvalue weighted by atomic mass is 9.83. The molecule has 0 N–H and O–H groups in total. The van der Waals surface area contributed by atoms with E-state index >= 15 is 0 Å². The highest BCUT2D eigenvalue weighted by Gasteiger charge is 2.37. The fourth-order valence-corrected chi connectivity index (χ4v) is 5.68. The Morgan fingerprint density at radius 2 is 0.857 bits per heavy atom. The summed E-state index contributed by atoms with van der Waals surface area (Å²) in [4.78, 5) is 2.90. The molecular formula is C20H37N. The van der Waals surface area contributed by atoms with Crippen LogP contribution in [0.15, 0.2) is 0 Å². The molecule has 1 saturated heterocycles. The minimum Gasteiger partial charge on any atom is -0.300 e. The monoisotopic (exact) mass is 291 g/mol. The molecule has 0 radical (unpaired) electrons. The highest BCUT2D eigenvalue weighted by molar-refractivity contribution is 4.91. The molecule has 1 aliphatic heterocycles. The van der Waals surface area contributed by atoms with E-state index in [4.69, 9.17) is 0 Å². The second-order valence-corrected chi connectivity index (χ2v) is 8.23. The average molecular weight is 292 g/mol. The molecule has 1 heterocycles. The Bertz CT molecular complexity index is 300. The molecule has 0 aromatic carbocycles. The van der Waals surface area contributed by atoms with Crippen LogP contribution in [0.4, 0.5) is 0 Å². The summed E-state index contributed by atoms with van der Waals surface area (Å²) in [7, 11) is 2.50. The SMILES string of the molecule is CN1C2CCCCCCCC2CCC2CCCCCCC21. The van der Waals surface area contributed by atoms with E-state index in [1.807, 2.05) is 0 Å². The van der Waals surface area contributed by atoms with Crippen molar-refractivity contribution in [3.05, 3.63) is 0 Å². The third kappa shape index (κ3) is 4.03.